The lowest BCUT2D eigenvalue weighted by Crippen LogP contribution is -2.46. The minimum atomic E-state index is -0.407. The van der Waals surface area contributed by atoms with Crippen LogP contribution in [0.4, 0.5) is 0 Å². The summed E-state index contributed by atoms with van der Waals surface area (Å²) in [6.45, 7) is 3.28. The molecule has 1 aliphatic rings. The number of nitrogens with two attached hydrogens (primary N) is 1. The van der Waals surface area contributed by atoms with Gasteiger partial charge in [-0.2, -0.15) is 0 Å². The molecule has 0 aliphatic carbocycles. The van der Waals surface area contributed by atoms with Crippen molar-refractivity contribution in [1.82, 2.24) is 14.9 Å². The Hall–Kier alpha value is -1.36. The molecule has 88 valence electrons. The SMILES string of the molecule is CC(N)C(=O)N1CCCC(c2ncc[nH]2)C1. The molecule has 0 bridgehead atoms. The van der Waals surface area contributed by atoms with Crippen LogP contribution in [0.1, 0.15) is 31.5 Å². The Balaban J connectivity index is 2.02. The van der Waals surface area contributed by atoms with Crippen LogP contribution in [-0.4, -0.2) is 39.9 Å². The number of carbonyl (C=O) groups is 1. The smallest absolute Gasteiger partial charge is 0.239 e. The summed E-state index contributed by atoms with van der Waals surface area (Å²) in [5.41, 5.74) is 5.62. The second-order valence-electron chi connectivity index (χ2n) is 4.39. The largest absolute Gasteiger partial charge is 0.348 e. The molecule has 0 aromatic carbocycles. The standard InChI is InChI=1S/C11H18N4O/c1-8(12)11(16)15-6-2-3-9(7-15)10-13-4-5-14-10/h4-5,8-9H,2-3,6-7,12H2,1H3,(H,13,14). The number of aromatic nitrogens is 2. The zero-order chi connectivity index (χ0) is 11.5. The van der Waals surface area contributed by atoms with Gasteiger partial charge < -0.3 is 15.6 Å². The van der Waals surface area contributed by atoms with Crippen molar-refractivity contribution < 1.29 is 4.79 Å². The molecule has 1 aliphatic heterocycles. The number of carbonyl (C=O) groups excluding carboxylic acids is 1. The van der Waals surface area contributed by atoms with E-state index in [1.807, 2.05) is 11.1 Å². The number of piperidine rings is 1. The molecule has 1 fully saturated rings. The highest BCUT2D eigenvalue weighted by molar-refractivity contribution is 5.81. The first-order chi connectivity index (χ1) is 7.68. The van der Waals surface area contributed by atoms with Crippen LogP contribution in [-0.2, 0) is 4.79 Å². The number of hydrogen-bond donors (Lipinski definition) is 2. The Bertz CT molecular complexity index is 347. The van der Waals surface area contributed by atoms with Gasteiger partial charge in [-0.1, -0.05) is 0 Å². The van der Waals surface area contributed by atoms with Crippen molar-refractivity contribution in [2.24, 2.45) is 5.73 Å². The van der Waals surface area contributed by atoms with E-state index in [1.54, 1.807) is 13.1 Å². The van der Waals surface area contributed by atoms with Crippen LogP contribution in [0.15, 0.2) is 12.4 Å². The summed E-state index contributed by atoms with van der Waals surface area (Å²) in [6.07, 6.45) is 5.67. The van der Waals surface area contributed by atoms with Crippen LogP contribution in [0, 0.1) is 0 Å². The van der Waals surface area contributed by atoms with E-state index >= 15 is 0 Å². The molecule has 0 radical (unpaired) electrons. The number of imidazole rings is 1. The monoisotopic (exact) mass is 222 g/mol. The van der Waals surface area contributed by atoms with Gasteiger partial charge in [-0.05, 0) is 19.8 Å². The first-order valence-corrected chi connectivity index (χ1v) is 5.72. The zero-order valence-corrected chi connectivity index (χ0v) is 9.52. The van der Waals surface area contributed by atoms with Gasteiger partial charge in [-0.15, -0.1) is 0 Å². The lowest BCUT2D eigenvalue weighted by molar-refractivity contribution is -0.133. The number of amides is 1. The number of likely N-dealkylation sites (tertiary alicyclic amines) is 1. The molecule has 1 aromatic rings. The van der Waals surface area contributed by atoms with Gasteiger partial charge in [0, 0.05) is 31.4 Å². The summed E-state index contributed by atoms with van der Waals surface area (Å²) >= 11 is 0. The van der Waals surface area contributed by atoms with E-state index in [-0.39, 0.29) is 5.91 Å². The molecule has 2 rings (SSSR count). The fraction of sp³-hybridized carbons (Fsp3) is 0.636. The predicted octanol–water partition coefficient (Wildman–Crippen LogP) is 0.463. The fourth-order valence-corrected chi connectivity index (χ4v) is 2.19. The first-order valence-electron chi connectivity index (χ1n) is 5.72. The van der Waals surface area contributed by atoms with E-state index in [4.69, 9.17) is 5.73 Å². The van der Waals surface area contributed by atoms with E-state index in [0.29, 0.717) is 5.92 Å². The summed E-state index contributed by atoms with van der Waals surface area (Å²) in [5.74, 6) is 1.34. The van der Waals surface area contributed by atoms with Crippen LogP contribution < -0.4 is 5.73 Å². The van der Waals surface area contributed by atoms with Gasteiger partial charge in [0.1, 0.15) is 5.82 Å². The number of H-pyrrole nitrogens is 1. The number of nitrogens with one attached hydrogen (secondary N) is 1. The van der Waals surface area contributed by atoms with Gasteiger partial charge in [0.15, 0.2) is 0 Å². The summed E-state index contributed by atoms with van der Waals surface area (Å²) in [5, 5.41) is 0. The van der Waals surface area contributed by atoms with Crippen LogP contribution in [0.2, 0.25) is 0 Å². The number of nitrogens with zero attached hydrogens (tertiary/aromatic N) is 2. The third-order valence-corrected chi connectivity index (χ3v) is 3.03. The first kappa shape index (κ1) is 11.1. The van der Waals surface area contributed by atoms with Gasteiger partial charge in [0.05, 0.1) is 6.04 Å². The Morgan fingerprint density at radius 3 is 3.19 bits per heavy atom. The molecule has 1 aromatic heterocycles. The van der Waals surface area contributed by atoms with Crippen molar-refractivity contribution in [3.63, 3.8) is 0 Å². The lowest BCUT2D eigenvalue weighted by atomic mass is 9.97. The molecule has 2 atom stereocenters. The highest BCUT2D eigenvalue weighted by Gasteiger charge is 2.27. The summed E-state index contributed by atoms with van der Waals surface area (Å²) in [7, 11) is 0. The molecule has 5 heteroatoms. The average molecular weight is 222 g/mol. The van der Waals surface area contributed by atoms with Crippen molar-refractivity contribution >= 4 is 5.91 Å². The number of rotatable bonds is 2. The minimum absolute atomic E-state index is 0.0382. The van der Waals surface area contributed by atoms with Crippen LogP contribution in [0.5, 0.6) is 0 Å². The van der Waals surface area contributed by atoms with Gasteiger partial charge in [0.25, 0.3) is 0 Å². The quantitative estimate of drug-likeness (QED) is 0.763. The highest BCUT2D eigenvalue weighted by atomic mass is 16.2. The van der Waals surface area contributed by atoms with Crippen LogP contribution >= 0.6 is 0 Å². The van der Waals surface area contributed by atoms with E-state index in [9.17, 15) is 4.79 Å². The van der Waals surface area contributed by atoms with E-state index in [1.165, 1.54) is 0 Å². The van der Waals surface area contributed by atoms with E-state index in [2.05, 4.69) is 9.97 Å². The normalized spacial score (nSPS) is 23.1. The number of hydrogen-bond acceptors (Lipinski definition) is 3. The van der Waals surface area contributed by atoms with Gasteiger partial charge in [-0.3, -0.25) is 4.79 Å². The van der Waals surface area contributed by atoms with Gasteiger partial charge in [0.2, 0.25) is 5.91 Å². The highest BCUT2D eigenvalue weighted by Crippen LogP contribution is 2.24. The summed E-state index contributed by atoms with van der Waals surface area (Å²) < 4.78 is 0. The van der Waals surface area contributed by atoms with Crippen molar-refractivity contribution in [3.05, 3.63) is 18.2 Å². The second-order valence-corrected chi connectivity index (χ2v) is 4.39. The molecule has 0 saturated carbocycles. The topological polar surface area (TPSA) is 75.0 Å². The fourth-order valence-electron chi connectivity index (χ4n) is 2.19. The predicted molar refractivity (Wildman–Crippen MR) is 60.8 cm³/mol. The third kappa shape index (κ3) is 2.24. The second kappa shape index (κ2) is 4.65. The maximum atomic E-state index is 11.8. The maximum Gasteiger partial charge on any atom is 0.239 e. The van der Waals surface area contributed by atoms with Crippen LogP contribution in [0.25, 0.3) is 0 Å². The van der Waals surface area contributed by atoms with Crippen molar-refractivity contribution in [2.75, 3.05) is 13.1 Å². The Morgan fingerprint density at radius 2 is 2.56 bits per heavy atom. The lowest BCUT2D eigenvalue weighted by Gasteiger charge is -2.32. The molecule has 1 saturated heterocycles. The molecular formula is C11H18N4O. The number of aromatic amines is 1. The zero-order valence-electron chi connectivity index (χ0n) is 9.52. The van der Waals surface area contributed by atoms with Crippen molar-refractivity contribution in [3.8, 4) is 0 Å². The molecule has 2 unspecified atom stereocenters. The molecule has 5 nitrogen and oxygen atoms in total. The minimum Gasteiger partial charge on any atom is -0.348 e. The molecular weight excluding hydrogens is 204 g/mol. The Kier molecular flexibility index (Phi) is 3.24. The molecule has 0 spiro atoms. The van der Waals surface area contributed by atoms with Crippen molar-refractivity contribution in [1.29, 1.82) is 0 Å². The van der Waals surface area contributed by atoms with Gasteiger partial charge in [-0.25, -0.2) is 4.98 Å². The van der Waals surface area contributed by atoms with Crippen LogP contribution in [0.3, 0.4) is 0 Å². The van der Waals surface area contributed by atoms with Gasteiger partial charge >= 0.3 is 0 Å². The van der Waals surface area contributed by atoms with Crippen molar-refractivity contribution in [2.45, 2.75) is 31.7 Å². The molecule has 2 heterocycles. The van der Waals surface area contributed by atoms with E-state index < -0.39 is 6.04 Å². The summed E-state index contributed by atoms with van der Waals surface area (Å²) in [6, 6.07) is -0.407. The molecule has 16 heavy (non-hydrogen) atoms. The average Bonchev–Trinajstić information content (AvgIpc) is 2.81. The van der Waals surface area contributed by atoms with E-state index in [0.717, 1.165) is 31.8 Å². The third-order valence-electron chi connectivity index (χ3n) is 3.03. The Labute approximate surface area is 95.0 Å². The summed E-state index contributed by atoms with van der Waals surface area (Å²) in [4.78, 5) is 21.0. The molecule has 1 amide bonds. The molecule has 3 N–H and O–H groups in total. The Morgan fingerprint density at radius 1 is 1.75 bits per heavy atom. The maximum absolute atomic E-state index is 11.8.